The summed E-state index contributed by atoms with van der Waals surface area (Å²) < 4.78 is 5.72. The normalized spacial score (nSPS) is 19.6. The van der Waals surface area contributed by atoms with Crippen LogP contribution in [0, 0.1) is 5.92 Å². The second-order valence-electron chi connectivity index (χ2n) is 4.63. The van der Waals surface area contributed by atoms with Crippen LogP contribution in [0.15, 0.2) is 12.1 Å². The summed E-state index contributed by atoms with van der Waals surface area (Å²) in [7, 11) is 0. The van der Waals surface area contributed by atoms with Crippen molar-refractivity contribution in [1.82, 2.24) is 0 Å². The van der Waals surface area contributed by atoms with E-state index in [1.165, 1.54) is 0 Å². The van der Waals surface area contributed by atoms with Crippen LogP contribution in [0.1, 0.15) is 25.0 Å². The fourth-order valence-corrected chi connectivity index (χ4v) is 2.40. The SMILES string of the molecule is CC1Cc2cc(Cl)cc(CC(C)C(=O)O)c2O1. The molecule has 0 saturated carbocycles. The molecule has 0 spiro atoms. The number of rotatable bonds is 3. The smallest absolute Gasteiger partial charge is 0.306 e. The number of carboxylic acid groups (broad SMARTS) is 1. The van der Waals surface area contributed by atoms with E-state index in [0.29, 0.717) is 11.4 Å². The molecule has 1 aromatic rings. The number of ether oxygens (including phenoxy) is 1. The number of benzene rings is 1. The second-order valence-corrected chi connectivity index (χ2v) is 5.07. The first kappa shape index (κ1) is 12.2. The summed E-state index contributed by atoms with van der Waals surface area (Å²) in [6.45, 7) is 3.69. The average Bonchev–Trinajstić information content (AvgIpc) is 2.58. The Balaban J connectivity index is 2.32. The van der Waals surface area contributed by atoms with Gasteiger partial charge in [0.15, 0.2) is 0 Å². The first-order valence-corrected chi connectivity index (χ1v) is 6.06. The summed E-state index contributed by atoms with van der Waals surface area (Å²) >= 11 is 6.04. The first-order valence-electron chi connectivity index (χ1n) is 5.68. The molecule has 1 aliphatic rings. The van der Waals surface area contributed by atoms with Crippen molar-refractivity contribution in [2.75, 3.05) is 0 Å². The molecule has 0 saturated heterocycles. The highest BCUT2D eigenvalue weighted by molar-refractivity contribution is 6.30. The lowest BCUT2D eigenvalue weighted by molar-refractivity contribution is -0.141. The monoisotopic (exact) mass is 254 g/mol. The molecule has 2 unspecified atom stereocenters. The highest BCUT2D eigenvalue weighted by Crippen LogP contribution is 2.36. The molecule has 2 atom stereocenters. The van der Waals surface area contributed by atoms with Gasteiger partial charge in [0.05, 0.1) is 5.92 Å². The predicted octanol–water partition coefficient (Wildman–Crippen LogP) is 2.93. The molecule has 2 rings (SSSR count). The van der Waals surface area contributed by atoms with Gasteiger partial charge >= 0.3 is 5.97 Å². The van der Waals surface area contributed by atoms with Gasteiger partial charge in [0.25, 0.3) is 0 Å². The molecule has 0 bridgehead atoms. The van der Waals surface area contributed by atoms with Gasteiger partial charge in [-0.2, -0.15) is 0 Å². The molecule has 0 fully saturated rings. The van der Waals surface area contributed by atoms with E-state index in [0.717, 1.165) is 23.3 Å². The standard InChI is InChI=1S/C13H15ClO3/c1-7(13(15)16)3-9-5-11(14)6-10-4-8(2)17-12(9)10/h5-8H,3-4H2,1-2H3,(H,15,16). The van der Waals surface area contributed by atoms with Crippen LogP contribution in [0.5, 0.6) is 5.75 Å². The van der Waals surface area contributed by atoms with Gasteiger partial charge < -0.3 is 9.84 Å². The molecule has 1 heterocycles. The molecular weight excluding hydrogens is 240 g/mol. The van der Waals surface area contributed by atoms with E-state index in [-0.39, 0.29) is 6.10 Å². The number of carbonyl (C=O) groups is 1. The van der Waals surface area contributed by atoms with E-state index >= 15 is 0 Å². The Labute approximate surface area is 105 Å². The quantitative estimate of drug-likeness (QED) is 0.902. The summed E-state index contributed by atoms with van der Waals surface area (Å²) in [4.78, 5) is 10.9. The lowest BCUT2D eigenvalue weighted by Gasteiger charge is -2.12. The van der Waals surface area contributed by atoms with Crippen molar-refractivity contribution in [1.29, 1.82) is 0 Å². The summed E-state index contributed by atoms with van der Waals surface area (Å²) in [6, 6.07) is 3.70. The first-order chi connectivity index (χ1) is 7.97. The Morgan fingerprint density at radius 2 is 2.35 bits per heavy atom. The summed E-state index contributed by atoms with van der Waals surface area (Å²) in [5.41, 5.74) is 1.98. The Kier molecular flexibility index (Phi) is 3.29. The van der Waals surface area contributed by atoms with Gasteiger partial charge in [-0.05, 0) is 36.6 Å². The fraction of sp³-hybridized carbons (Fsp3) is 0.462. The van der Waals surface area contributed by atoms with Crippen molar-refractivity contribution in [3.05, 3.63) is 28.3 Å². The molecule has 0 aromatic heterocycles. The van der Waals surface area contributed by atoms with E-state index in [2.05, 4.69) is 0 Å². The Bertz CT molecular complexity index is 456. The van der Waals surface area contributed by atoms with E-state index in [9.17, 15) is 4.79 Å². The minimum atomic E-state index is -0.801. The Morgan fingerprint density at radius 1 is 1.65 bits per heavy atom. The largest absolute Gasteiger partial charge is 0.490 e. The van der Waals surface area contributed by atoms with Crippen LogP contribution in [0.2, 0.25) is 5.02 Å². The predicted molar refractivity (Wildman–Crippen MR) is 65.7 cm³/mol. The molecular formula is C13H15ClO3. The van der Waals surface area contributed by atoms with Crippen molar-refractivity contribution in [3.63, 3.8) is 0 Å². The highest BCUT2D eigenvalue weighted by atomic mass is 35.5. The second kappa shape index (κ2) is 4.57. The van der Waals surface area contributed by atoms with Crippen molar-refractivity contribution in [3.8, 4) is 5.75 Å². The zero-order chi connectivity index (χ0) is 12.6. The molecule has 1 aliphatic heterocycles. The number of fused-ring (bicyclic) bond motifs is 1. The zero-order valence-corrected chi connectivity index (χ0v) is 10.6. The van der Waals surface area contributed by atoms with Gasteiger partial charge in [-0.1, -0.05) is 18.5 Å². The summed E-state index contributed by atoms with van der Waals surface area (Å²) in [5, 5.41) is 9.59. The highest BCUT2D eigenvalue weighted by Gasteiger charge is 2.24. The lowest BCUT2D eigenvalue weighted by atomic mass is 9.98. The number of aliphatic carboxylic acids is 1. The molecule has 92 valence electrons. The van der Waals surface area contributed by atoms with Crippen LogP contribution in [0.4, 0.5) is 0 Å². The zero-order valence-electron chi connectivity index (χ0n) is 9.87. The minimum absolute atomic E-state index is 0.141. The molecule has 0 radical (unpaired) electrons. The molecule has 0 amide bonds. The van der Waals surface area contributed by atoms with Crippen LogP contribution >= 0.6 is 11.6 Å². The number of hydrogen-bond donors (Lipinski definition) is 1. The third-order valence-electron chi connectivity index (χ3n) is 2.98. The molecule has 17 heavy (non-hydrogen) atoms. The average molecular weight is 255 g/mol. The summed E-state index contributed by atoms with van der Waals surface area (Å²) in [6.07, 6.45) is 1.43. The van der Waals surface area contributed by atoms with E-state index in [1.807, 2.05) is 13.0 Å². The Morgan fingerprint density at radius 3 is 3.00 bits per heavy atom. The minimum Gasteiger partial charge on any atom is -0.490 e. The number of halogens is 1. The topological polar surface area (TPSA) is 46.5 Å². The maximum absolute atomic E-state index is 10.9. The summed E-state index contributed by atoms with van der Waals surface area (Å²) in [5.74, 6) is -0.406. The Hall–Kier alpha value is -1.22. The van der Waals surface area contributed by atoms with Crippen molar-refractivity contribution >= 4 is 17.6 Å². The maximum atomic E-state index is 10.9. The third-order valence-corrected chi connectivity index (χ3v) is 3.20. The molecule has 4 heteroatoms. The van der Waals surface area contributed by atoms with Gasteiger partial charge in [-0.3, -0.25) is 4.79 Å². The molecule has 1 aromatic carbocycles. The maximum Gasteiger partial charge on any atom is 0.306 e. The van der Waals surface area contributed by atoms with Crippen LogP contribution < -0.4 is 4.74 Å². The lowest BCUT2D eigenvalue weighted by Crippen LogP contribution is -2.13. The molecule has 3 nitrogen and oxygen atoms in total. The van der Waals surface area contributed by atoms with Crippen LogP contribution in [0.25, 0.3) is 0 Å². The fourth-order valence-electron chi connectivity index (χ4n) is 2.14. The van der Waals surface area contributed by atoms with Crippen molar-refractivity contribution < 1.29 is 14.6 Å². The van der Waals surface area contributed by atoms with Gasteiger partial charge in [0.1, 0.15) is 11.9 Å². The number of carboxylic acids is 1. The number of hydrogen-bond acceptors (Lipinski definition) is 2. The van der Waals surface area contributed by atoms with E-state index in [1.54, 1.807) is 13.0 Å². The van der Waals surface area contributed by atoms with Crippen LogP contribution in [-0.2, 0) is 17.6 Å². The van der Waals surface area contributed by atoms with Crippen molar-refractivity contribution in [2.45, 2.75) is 32.8 Å². The van der Waals surface area contributed by atoms with Crippen molar-refractivity contribution in [2.24, 2.45) is 5.92 Å². The van der Waals surface area contributed by atoms with Gasteiger partial charge in [0.2, 0.25) is 0 Å². The van der Waals surface area contributed by atoms with E-state index in [4.69, 9.17) is 21.4 Å². The van der Waals surface area contributed by atoms with Gasteiger partial charge in [-0.25, -0.2) is 0 Å². The van der Waals surface area contributed by atoms with Gasteiger partial charge in [0, 0.05) is 11.4 Å². The molecule has 0 aliphatic carbocycles. The third kappa shape index (κ3) is 2.55. The van der Waals surface area contributed by atoms with Gasteiger partial charge in [-0.15, -0.1) is 0 Å². The van der Waals surface area contributed by atoms with E-state index < -0.39 is 11.9 Å². The van der Waals surface area contributed by atoms with Crippen LogP contribution in [-0.4, -0.2) is 17.2 Å². The van der Waals surface area contributed by atoms with Crippen LogP contribution in [0.3, 0.4) is 0 Å². The molecule has 1 N–H and O–H groups in total.